The van der Waals surface area contributed by atoms with Crippen LogP contribution in [0.4, 0.5) is 22.0 Å². The van der Waals surface area contributed by atoms with E-state index >= 15 is 0 Å². The number of ether oxygens (including phenoxy) is 2. The van der Waals surface area contributed by atoms with Gasteiger partial charge in [-0.3, -0.25) is 0 Å². The molecule has 0 bridgehead atoms. The third-order valence-corrected chi connectivity index (χ3v) is 6.84. The molecular weight excluding hydrogens is 477 g/mol. The molecule has 3 nitrogen and oxygen atoms in total. The Morgan fingerprint density at radius 2 is 1.64 bits per heavy atom. The highest BCUT2D eigenvalue weighted by Crippen LogP contribution is 2.38. The number of halogens is 5. The number of nitrogens with one attached hydrogen (secondary N) is 1. The lowest BCUT2D eigenvalue weighted by Crippen LogP contribution is -2.40. The van der Waals surface area contributed by atoms with E-state index in [9.17, 15) is 22.0 Å². The molecule has 36 heavy (non-hydrogen) atoms. The molecule has 1 aliphatic rings. The summed E-state index contributed by atoms with van der Waals surface area (Å²) in [6.07, 6.45) is -2.05. The summed E-state index contributed by atoms with van der Waals surface area (Å²) in [4.78, 5) is 0. The summed E-state index contributed by atoms with van der Waals surface area (Å²) in [6, 6.07) is 15.8. The van der Waals surface area contributed by atoms with Crippen LogP contribution in [0.3, 0.4) is 0 Å². The van der Waals surface area contributed by atoms with Crippen molar-refractivity contribution in [2.45, 2.75) is 37.5 Å². The Hall–Kier alpha value is -2.97. The van der Waals surface area contributed by atoms with Gasteiger partial charge in [0.25, 0.3) is 0 Å². The van der Waals surface area contributed by atoms with Gasteiger partial charge in [-0.1, -0.05) is 30.3 Å². The Morgan fingerprint density at radius 1 is 0.917 bits per heavy atom. The summed E-state index contributed by atoms with van der Waals surface area (Å²) < 4.78 is 80.3. The third kappa shape index (κ3) is 5.71. The zero-order valence-corrected chi connectivity index (χ0v) is 19.9. The summed E-state index contributed by atoms with van der Waals surface area (Å²) >= 11 is 0. The molecule has 0 atom stereocenters. The molecule has 0 saturated carbocycles. The second-order valence-corrected chi connectivity index (χ2v) is 9.06. The minimum Gasteiger partial charge on any atom is -0.494 e. The van der Waals surface area contributed by atoms with Crippen LogP contribution in [-0.2, 0) is 22.9 Å². The van der Waals surface area contributed by atoms with Crippen LogP contribution in [0.5, 0.6) is 5.75 Å². The lowest BCUT2D eigenvalue weighted by atomic mass is 9.71. The number of hydrogen-bond acceptors (Lipinski definition) is 3. The molecule has 0 aromatic heterocycles. The summed E-state index contributed by atoms with van der Waals surface area (Å²) in [5.41, 5.74) is 0.0891. The first-order valence-corrected chi connectivity index (χ1v) is 11.8. The SMILES string of the molecule is COc1ccc(-c2cc(COCCC3(c4ccccc4)CCNCC3)cc(C(F)(F)F)c2)c(F)c1F. The second-order valence-electron chi connectivity index (χ2n) is 9.06. The number of rotatable bonds is 8. The van der Waals surface area contributed by atoms with Crippen LogP contribution in [0.2, 0.25) is 0 Å². The second kappa shape index (κ2) is 11.0. The van der Waals surface area contributed by atoms with Gasteiger partial charge in [-0.15, -0.1) is 0 Å². The summed E-state index contributed by atoms with van der Waals surface area (Å²) in [5, 5.41) is 3.37. The van der Waals surface area contributed by atoms with Crippen LogP contribution in [-0.4, -0.2) is 26.8 Å². The van der Waals surface area contributed by atoms with E-state index in [4.69, 9.17) is 9.47 Å². The van der Waals surface area contributed by atoms with E-state index in [0.717, 1.165) is 44.5 Å². The van der Waals surface area contributed by atoms with Crippen LogP contribution in [0, 0.1) is 11.6 Å². The predicted octanol–water partition coefficient (Wildman–Crippen LogP) is 6.89. The predicted molar refractivity (Wildman–Crippen MR) is 128 cm³/mol. The minimum absolute atomic E-state index is 0.0603. The molecule has 0 amide bonds. The summed E-state index contributed by atoms with van der Waals surface area (Å²) in [7, 11) is 1.18. The van der Waals surface area contributed by atoms with Crippen molar-refractivity contribution in [3.63, 3.8) is 0 Å². The molecule has 1 heterocycles. The van der Waals surface area contributed by atoms with Gasteiger partial charge in [-0.05, 0) is 84.8 Å². The van der Waals surface area contributed by atoms with Gasteiger partial charge in [-0.2, -0.15) is 17.6 Å². The van der Waals surface area contributed by atoms with Gasteiger partial charge in [0.15, 0.2) is 11.6 Å². The van der Waals surface area contributed by atoms with Gasteiger partial charge in [0.1, 0.15) is 0 Å². The molecule has 0 radical (unpaired) electrons. The van der Waals surface area contributed by atoms with Crippen LogP contribution < -0.4 is 10.1 Å². The zero-order valence-electron chi connectivity index (χ0n) is 19.9. The van der Waals surface area contributed by atoms with Gasteiger partial charge >= 0.3 is 6.18 Å². The molecule has 4 rings (SSSR count). The van der Waals surface area contributed by atoms with Gasteiger partial charge in [-0.25, -0.2) is 4.39 Å². The number of hydrogen-bond donors (Lipinski definition) is 1. The van der Waals surface area contributed by atoms with E-state index in [2.05, 4.69) is 17.4 Å². The molecule has 1 aliphatic heterocycles. The summed E-state index contributed by atoms with van der Waals surface area (Å²) in [6.45, 7) is 2.04. The average Bonchev–Trinajstić information content (AvgIpc) is 2.88. The van der Waals surface area contributed by atoms with Crippen molar-refractivity contribution in [1.29, 1.82) is 0 Å². The van der Waals surface area contributed by atoms with Gasteiger partial charge < -0.3 is 14.8 Å². The Bertz CT molecular complexity index is 1170. The molecule has 1 N–H and O–H groups in total. The third-order valence-electron chi connectivity index (χ3n) is 6.84. The van der Waals surface area contributed by atoms with Crippen LogP contribution >= 0.6 is 0 Å². The molecule has 1 fully saturated rings. The van der Waals surface area contributed by atoms with Crippen molar-refractivity contribution in [3.05, 3.63) is 89.0 Å². The first-order valence-electron chi connectivity index (χ1n) is 11.8. The number of benzene rings is 3. The fraction of sp³-hybridized carbons (Fsp3) is 0.357. The lowest BCUT2D eigenvalue weighted by molar-refractivity contribution is -0.137. The molecule has 0 aliphatic carbocycles. The largest absolute Gasteiger partial charge is 0.494 e. The van der Waals surface area contributed by atoms with Gasteiger partial charge in [0.05, 0.1) is 19.3 Å². The standard InChI is InChI=1S/C28H28F5NO2/c1-35-24-8-7-23(25(29)26(24)30)20-15-19(16-22(17-20)28(31,32)33)18-36-14-11-27(9-12-34-13-10-27)21-5-3-2-4-6-21/h2-8,15-17,34H,9-14,18H2,1H3. The van der Waals surface area contributed by atoms with E-state index in [1.807, 2.05) is 18.2 Å². The van der Waals surface area contributed by atoms with Gasteiger partial charge in [0.2, 0.25) is 5.82 Å². The zero-order chi connectivity index (χ0) is 25.8. The molecule has 0 unspecified atom stereocenters. The van der Waals surface area contributed by atoms with E-state index in [1.165, 1.54) is 30.9 Å². The topological polar surface area (TPSA) is 30.5 Å². The van der Waals surface area contributed by atoms with E-state index < -0.39 is 23.4 Å². The Labute approximate surface area is 207 Å². The normalized spacial score (nSPS) is 15.6. The number of piperidine rings is 1. The Balaban J connectivity index is 1.54. The number of methoxy groups -OCH3 is 1. The summed E-state index contributed by atoms with van der Waals surface area (Å²) in [5.74, 6) is -2.84. The molecular formula is C28H28F5NO2. The molecule has 3 aromatic rings. The lowest BCUT2D eigenvalue weighted by Gasteiger charge is -2.38. The van der Waals surface area contributed by atoms with Crippen LogP contribution in [0.1, 0.15) is 36.0 Å². The Morgan fingerprint density at radius 3 is 2.31 bits per heavy atom. The van der Waals surface area contributed by atoms with Crippen molar-refractivity contribution in [2.24, 2.45) is 0 Å². The highest BCUT2D eigenvalue weighted by molar-refractivity contribution is 5.67. The molecule has 8 heteroatoms. The quantitative estimate of drug-likeness (QED) is 0.267. The maximum atomic E-state index is 14.6. The van der Waals surface area contributed by atoms with Crippen molar-refractivity contribution < 1.29 is 31.4 Å². The van der Waals surface area contributed by atoms with Crippen molar-refractivity contribution >= 4 is 0 Å². The molecule has 0 spiro atoms. The van der Waals surface area contributed by atoms with E-state index in [0.29, 0.717) is 6.61 Å². The van der Waals surface area contributed by atoms with E-state index in [1.54, 1.807) is 0 Å². The van der Waals surface area contributed by atoms with Crippen LogP contribution in [0.25, 0.3) is 11.1 Å². The Kier molecular flexibility index (Phi) is 7.95. The first-order chi connectivity index (χ1) is 17.2. The minimum atomic E-state index is -4.65. The highest BCUT2D eigenvalue weighted by Gasteiger charge is 2.34. The van der Waals surface area contributed by atoms with Crippen molar-refractivity contribution in [1.82, 2.24) is 5.32 Å². The van der Waals surface area contributed by atoms with Crippen LogP contribution in [0.15, 0.2) is 60.7 Å². The van der Waals surface area contributed by atoms with Gasteiger partial charge in [0, 0.05) is 12.2 Å². The molecule has 1 saturated heterocycles. The maximum Gasteiger partial charge on any atom is 0.416 e. The molecule has 192 valence electrons. The maximum absolute atomic E-state index is 14.6. The fourth-order valence-corrected chi connectivity index (χ4v) is 4.84. The van der Waals surface area contributed by atoms with E-state index in [-0.39, 0.29) is 34.5 Å². The first kappa shape index (κ1) is 26.1. The fourth-order valence-electron chi connectivity index (χ4n) is 4.84. The average molecular weight is 506 g/mol. The number of alkyl halides is 3. The smallest absolute Gasteiger partial charge is 0.416 e. The van der Waals surface area contributed by atoms with Crippen molar-refractivity contribution in [3.8, 4) is 16.9 Å². The van der Waals surface area contributed by atoms with Crippen molar-refractivity contribution in [2.75, 3.05) is 26.8 Å². The molecule has 3 aromatic carbocycles. The monoisotopic (exact) mass is 505 g/mol. The highest BCUT2D eigenvalue weighted by atomic mass is 19.4.